The van der Waals surface area contributed by atoms with Crippen LogP contribution >= 0.6 is 23.2 Å². The minimum Gasteiger partial charge on any atom is -0.480 e. The molecule has 0 bridgehead atoms. The van der Waals surface area contributed by atoms with Crippen molar-refractivity contribution in [2.75, 3.05) is 19.8 Å². The number of rotatable bonds is 4. The highest BCUT2D eigenvalue weighted by Crippen LogP contribution is 2.44. The Morgan fingerprint density at radius 1 is 1.00 bits per heavy atom. The third-order valence-electron chi connectivity index (χ3n) is 6.22. The summed E-state index contributed by atoms with van der Waals surface area (Å²) in [4.78, 5) is 30.4. The summed E-state index contributed by atoms with van der Waals surface area (Å²) in [5.74, 6) is -1.34. The van der Waals surface area contributed by atoms with Gasteiger partial charge in [-0.15, -0.1) is 0 Å². The zero-order chi connectivity index (χ0) is 23.8. The highest BCUT2D eigenvalue weighted by atomic mass is 35.5. The van der Waals surface area contributed by atoms with Crippen molar-refractivity contribution in [2.45, 2.75) is 18.0 Å². The summed E-state index contributed by atoms with van der Waals surface area (Å²) in [6, 6.07) is 17.1. The van der Waals surface area contributed by atoms with Crippen LogP contribution in [0.25, 0.3) is 11.1 Å². The summed E-state index contributed by atoms with van der Waals surface area (Å²) in [6.45, 7) is -0.00560. The van der Waals surface area contributed by atoms with E-state index in [9.17, 15) is 14.7 Å². The first-order chi connectivity index (χ1) is 16.4. The second-order valence-corrected chi connectivity index (χ2v) is 8.94. The van der Waals surface area contributed by atoms with E-state index in [4.69, 9.17) is 32.7 Å². The van der Waals surface area contributed by atoms with Gasteiger partial charge < -0.3 is 14.6 Å². The van der Waals surface area contributed by atoms with Crippen LogP contribution in [-0.2, 0) is 14.3 Å². The molecule has 1 saturated heterocycles. The van der Waals surface area contributed by atoms with E-state index in [1.807, 2.05) is 48.5 Å². The minimum absolute atomic E-state index is 0.0706. The van der Waals surface area contributed by atoms with Gasteiger partial charge in [0.1, 0.15) is 16.9 Å². The fourth-order valence-corrected chi connectivity index (χ4v) is 5.19. The largest absolute Gasteiger partial charge is 0.480 e. The van der Waals surface area contributed by atoms with Gasteiger partial charge in [-0.05, 0) is 39.9 Å². The number of carbonyl (C=O) groups is 2. The SMILES string of the molecule is O=C(O)[C@@H]1COC[C@@H](c2cc(Cl)nc(Cl)c2)N1C(=O)OCC1c2ccccc2-c2ccccc21. The molecule has 0 saturated carbocycles. The lowest BCUT2D eigenvalue weighted by Gasteiger charge is -2.39. The second-order valence-electron chi connectivity index (χ2n) is 8.16. The number of aliphatic carboxylic acids is 1. The maximum atomic E-state index is 13.4. The van der Waals surface area contributed by atoms with Crippen LogP contribution in [0.1, 0.15) is 28.7 Å². The number of morpholine rings is 1. The maximum absolute atomic E-state index is 13.4. The molecular weight excluding hydrogens is 479 g/mol. The molecule has 9 heteroatoms. The number of aromatic nitrogens is 1. The number of pyridine rings is 1. The molecule has 0 spiro atoms. The first-order valence-electron chi connectivity index (χ1n) is 10.7. The first kappa shape index (κ1) is 22.7. The van der Waals surface area contributed by atoms with Gasteiger partial charge in [-0.3, -0.25) is 4.90 Å². The molecule has 2 atom stereocenters. The van der Waals surface area contributed by atoms with Crippen LogP contribution in [0, 0.1) is 0 Å². The monoisotopic (exact) mass is 498 g/mol. The quantitative estimate of drug-likeness (QED) is 0.499. The highest BCUT2D eigenvalue weighted by molar-refractivity contribution is 6.32. The molecule has 2 aliphatic rings. The molecule has 3 aromatic rings. The third kappa shape index (κ3) is 4.11. The molecular formula is C25H20Cl2N2O5. The summed E-state index contributed by atoms with van der Waals surface area (Å²) < 4.78 is 11.3. The summed E-state index contributed by atoms with van der Waals surface area (Å²) in [6.07, 6.45) is -0.744. The van der Waals surface area contributed by atoms with Gasteiger partial charge in [0.05, 0.1) is 19.3 Å². The zero-order valence-corrected chi connectivity index (χ0v) is 19.4. The molecule has 7 nitrogen and oxygen atoms in total. The van der Waals surface area contributed by atoms with Crippen molar-refractivity contribution >= 4 is 35.3 Å². The van der Waals surface area contributed by atoms with E-state index in [0.717, 1.165) is 22.3 Å². The van der Waals surface area contributed by atoms with E-state index in [1.54, 1.807) is 0 Å². The Balaban J connectivity index is 1.43. The number of carboxylic acid groups (broad SMARTS) is 1. The van der Waals surface area contributed by atoms with Crippen molar-refractivity contribution in [3.63, 3.8) is 0 Å². The smallest absolute Gasteiger partial charge is 0.411 e. The Bertz CT molecular complexity index is 1200. The van der Waals surface area contributed by atoms with Gasteiger partial charge in [-0.25, -0.2) is 14.6 Å². The van der Waals surface area contributed by atoms with Crippen molar-refractivity contribution in [1.82, 2.24) is 9.88 Å². The van der Waals surface area contributed by atoms with Gasteiger partial charge >= 0.3 is 12.1 Å². The Kier molecular flexibility index (Phi) is 6.16. The standard InChI is InChI=1S/C25H20Cl2N2O5/c26-22-9-14(10-23(27)28-22)20-12-33-13-21(24(30)31)29(20)25(32)34-11-19-17-7-3-1-5-15(17)16-6-2-4-8-18(16)19/h1-10,19-21H,11-13H2,(H,30,31)/t20-,21-/m0/s1. The van der Waals surface area contributed by atoms with Crippen LogP contribution in [0.5, 0.6) is 0 Å². The van der Waals surface area contributed by atoms with Crippen molar-refractivity contribution < 1.29 is 24.2 Å². The van der Waals surface area contributed by atoms with Gasteiger partial charge in [0.15, 0.2) is 6.04 Å². The van der Waals surface area contributed by atoms with Crippen LogP contribution < -0.4 is 0 Å². The van der Waals surface area contributed by atoms with E-state index in [2.05, 4.69) is 4.98 Å². The van der Waals surface area contributed by atoms with E-state index in [0.29, 0.717) is 5.56 Å². The zero-order valence-electron chi connectivity index (χ0n) is 17.9. The molecule has 1 aromatic heterocycles. The number of benzene rings is 2. The lowest BCUT2D eigenvalue weighted by molar-refractivity contribution is -0.151. The van der Waals surface area contributed by atoms with E-state index in [-0.39, 0.29) is 36.0 Å². The van der Waals surface area contributed by atoms with Crippen LogP contribution in [0.3, 0.4) is 0 Å². The number of amides is 1. The number of hydrogen-bond donors (Lipinski definition) is 1. The molecule has 1 amide bonds. The molecule has 174 valence electrons. The third-order valence-corrected chi connectivity index (χ3v) is 6.61. The average Bonchev–Trinajstić information content (AvgIpc) is 3.15. The van der Waals surface area contributed by atoms with E-state index >= 15 is 0 Å². The fraction of sp³-hybridized carbons (Fsp3) is 0.240. The average molecular weight is 499 g/mol. The molecule has 1 N–H and O–H groups in total. The summed E-state index contributed by atoms with van der Waals surface area (Å²) >= 11 is 12.1. The second kappa shape index (κ2) is 9.25. The number of nitrogens with zero attached hydrogens (tertiary/aromatic N) is 2. The van der Waals surface area contributed by atoms with Crippen LogP contribution in [0.4, 0.5) is 4.79 Å². The Labute approximate surface area is 205 Å². The van der Waals surface area contributed by atoms with E-state index < -0.39 is 24.1 Å². The number of carbonyl (C=O) groups excluding carboxylic acids is 1. The van der Waals surface area contributed by atoms with Gasteiger partial charge in [0, 0.05) is 5.92 Å². The van der Waals surface area contributed by atoms with Gasteiger partial charge in [-0.1, -0.05) is 71.7 Å². The summed E-state index contributed by atoms with van der Waals surface area (Å²) in [5.41, 5.74) is 4.86. The first-order valence-corrected chi connectivity index (χ1v) is 11.5. The van der Waals surface area contributed by atoms with Gasteiger partial charge in [0.2, 0.25) is 0 Å². The van der Waals surface area contributed by atoms with Gasteiger partial charge in [-0.2, -0.15) is 0 Å². The molecule has 1 fully saturated rings. The predicted octanol–water partition coefficient (Wildman–Crippen LogP) is 5.16. The Morgan fingerprint density at radius 3 is 2.18 bits per heavy atom. The molecule has 1 aliphatic heterocycles. The van der Waals surface area contributed by atoms with Crippen LogP contribution in [0.2, 0.25) is 10.3 Å². The topological polar surface area (TPSA) is 89.0 Å². The Morgan fingerprint density at radius 2 is 1.59 bits per heavy atom. The number of fused-ring (bicyclic) bond motifs is 3. The van der Waals surface area contributed by atoms with Crippen molar-refractivity contribution in [2.24, 2.45) is 0 Å². The van der Waals surface area contributed by atoms with Crippen LogP contribution in [-0.4, -0.2) is 52.9 Å². The fourth-order valence-electron chi connectivity index (χ4n) is 4.71. The summed E-state index contributed by atoms with van der Waals surface area (Å²) in [7, 11) is 0. The lowest BCUT2D eigenvalue weighted by Crippen LogP contribution is -2.54. The lowest BCUT2D eigenvalue weighted by atomic mass is 9.98. The molecule has 0 unspecified atom stereocenters. The molecule has 2 heterocycles. The number of hydrogen-bond acceptors (Lipinski definition) is 5. The maximum Gasteiger partial charge on any atom is 0.411 e. The number of ether oxygens (including phenoxy) is 2. The van der Waals surface area contributed by atoms with Crippen molar-refractivity contribution in [3.8, 4) is 11.1 Å². The van der Waals surface area contributed by atoms with Gasteiger partial charge in [0.25, 0.3) is 0 Å². The minimum atomic E-state index is -1.22. The number of carboxylic acids is 1. The Hall–Kier alpha value is -3.13. The molecule has 5 rings (SSSR count). The predicted molar refractivity (Wildman–Crippen MR) is 126 cm³/mol. The van der Waals surface area contributed by atoms with Crippen molar-refractivity contribution in [3.05, 3.63) is 87.7 Å². The molecule has 1 aliphatic carbocycles. The molecule has 34 heavy (non-hydrogen) atoms. The normalized spacial score (nSPS) is 19.4. The van der Waals surface area contributed by atoms with Crippen LogP contribution in [0.15, 0.2) is 60.7 Å². The molecule has 2 aromatic carbocycles. The highest BCUT2D eigenvalue weighted by Gasteiger charge is 2.42. The number of halogens is 2. The molecule has 0 radical (unpaired) electrons. The van der Waals surface area contributed by atoms with E-state index in [1.165, 1.54) is 17.0 Å². The van der Waals surface area contributed by atoms with Crippen molar-refractivity contribution in [1.29, 1.82) is 0 Å². The summed E-state index contributed by atoms with van der Waals surface area (Å²) in [5, 5.41) is 10.0.